The molecule has 1 saturated heterocycles. The largest absolute Gasteiger partial charge is 0.380 e. The minimum Gasteiger partial charge on any atom is -0.380 e. The molecule has 0 bridgehead atoms. The van der Waals surface area contributed by atoms with Crippen molar-refractivity contribution in [2.24, 2.45) is 0 Å². The van der Waals surface area contributed by atoms with Crippen molar-refractivity contribution in [2.45, 2.75) is 38.8 Å². The minimum atomic E-state index is 0.359. The van der Waals surface area contributed by atoms with E-state index in [0.29, 0.717) is 12.1 Å². The van der Waals surface area contributed by atoms with Gasteiger partial charge in [0.2, 0.25) is 0 Å². The number of aromatic nitrogens is 1. The van der Waals surface area contributed by atoms with Gasteiger partial charge in [-0.1, -0.05) is 6.92 Å². The van der Waals surface area contributed by atoms with Crippen LogP contribution in [0.2, 0.25) is 0 Å². The third-order valence-electron chi connectivity index (χ3n) is 3.43. The number of methoxy groups -OCH3 is 1. The van der Waals surface area contributed by atoms with E-state index < -0.39 is 0 Å². The third kappa shape index (κ3) is 3.22. The molecule has 1 aromatic heterocycles. The Hall–Kier alpha value is -0.650. The zero-order valence-electron chi connectivity index (χ0n) is 11.5. The van der Waals surface area contributed by atoms with Crippen LogP contribution in [-0.4, -0.2) is 37.8 Å². The Labute approximate surface area is 113 Å². The van der Waals surface area contributed by atoms with Gasteiger partial charge in [-0.15, -0.1) is 11.3 Å². The summed E-state index contributed by atoms with van der Waals surface area (Å²) in [7, 11) is 1.80. The highest BCUT2D eigenvalue weighted by atomic mass is 32.1. The Kier molecular flexibility index (Phi) is 4.97. The molecule has 1 aliphatic rings. The quantitative estimate of drug-likeness (QED) is 0.891. The summed E-state index contributed by atoms with van der Waals surface area (Å²) >= 11 is 1.80. The van der Waals surface area contributed by atoms with Gasteiger partial charge in [-0.25, -0.2) is 4.98 Å². The number of thiazole rings is 1. The van der Waals surface area contributed by atoms with Gasteiger partial charge >= 0.3 is 0 Å². The van der Waals surface area contributed by atoms with E-state index in [9.17, 15) is 0 Å². The van der Waals surface area contributed by atoms with Gasteiger partial charge in [0, 0.05) is 37.3 Å². The van der Waals surface area contributed by atoms with Gasteiger partial charge in [-0.3, -0.25) is 0 Å². The van der Waals surface area contributed by atoms with Crippen molar-refractivity contribution in [3.05, 3.63) is 11.1 Å². The molecule has 18 heavy (non-hydrogen) atoms. The van der Waals surface area contributed by atoms with Crippen LogP contribution in [0.5, 0.6) is 0 Å². The zero-order chi connectivity index (χ0) is 13.0. The first-order valence-electron chi connectivity index (χ1n) is 6.71. The molecule has 0 spiro atoms. The predicted molar refractivity (Wildman–Crippen MR) is 76.4 cm³/mol. The van der Waals surface area contributed by atoms with Crippen LogP contribution in [0.15, 0.2) is 6.20 Å². The van der Waals surface area contributed by atoms with Crippen LogP contribution in [0.1, 0.15) is 37.6 Å². The summed E-state index contributed by atoms with van der Waals surface area (Å²) in [4.78, 5) is 8.22. The highest BCUT2D eigenvalue weighted by molar-refractivity contribution is 7.15. The Balaban J connectivity index is 2.00. The second-order valence-electron chi connectivity index (χ2n) is 4.77. The Morgan fingerprint density at radius 1 is 1.67 bits per heavy atom. The molecular formula is C13H23N3OS. The summed E-state index contributed by atoms with van der Waals surface area (Å²) in [6.07, 6.45) is 4.72. The molecular weight excluding hydrogens is 246 g/mol. The van der Waals surface area contributed by atoms with Gasteiger partial charge in [0.15, 0.2) is 5.13 Å². The fourth-order valence-electron chi connectivity index (χ4n) is 2.33. The number of hydrogen-bond donors (Lipinski definition) is 1. The van der Waals surface area contributed by atoms with Crippen LogP contribution in [-0.2, 0) is 4.74 Å². The van der Waals surface area contributed by atoms with Crippen molar-refractivity contribution >= 4 is 16.5 Å². The molecule has 2 unspecified atom stereocenters. The van der Waals surface area contributed by atoms with E-state index in [1.165, 1.54) is 17.7 Å². The summed E-state index contributed by atoms with van der Waals surface area (Å²) in [6.45, 7) is 7.38. The highest BCUT2D eigenvalue weighted by Gasteiger charge is 2.22. The fourth-order valence-corrected chi connectivity index (χ4v) is 3.31. The molecule has 1 aromatic rings. The average Bonchev–Trinajstić information content (AvgIpc) is 2.89. The highest BCUT2D eigenvalue weighted by Crippen LogP contribution is 2.29. The number of nitrogens with one attached hydrogen (secondary N) is 1. The smallest absolute Gasteiger partial charge is 0.185 e. The molecule has 5 heteroatoms. The van der Waals surface area contributed by atoms with E-state index in [-0.39, 0.29) is 0 Å². The lowest BCUT2D eigenvalue weighted by molar-refractivity contribution is 0.0893. The van der Waals surface area contributed by atoms with E-state index in [2.05, 4.69) is 29.0 Å². The maximum absolute atomic E-state index is 5.46. The second-order valence-corrected chi connectivity index (χ2v) is 5.81. The number of ether oxygens (including phenoxy) is 1. The summed E-state index contributed by atoms with van der Waals surface area (Å²) in [5, 5.41) is 4.56. The van der Waals surface area contributed by atoms with Crippen LogP contribution < -0.4 is 10.2 Å². The Bertz CT molecular complexity index is 369. The number of rotatable bonds is 5. The van der Waals surface area contributed by atoms with E-state index in [1.807, 2.05) is 6.20 Å². The van der Waals surface area contributed by atoms with Crippen LogP contribution in [0.3, 0.4) is 0 Å². The SMILES string of the molecule is CCNC(C)c1cnc(N2CCCC(OC)C2)s1. The second kappa shape index (κ2) is 6.50. The van der Waals surface area contributed by atoms with Gasteiger partial charge in [-0.05, 0) is 26.3 Å². The minimum absolute atomic E-state index is 0.359. The topological polar surface area (TPSA) is 37.4 Å². The molecule has 0 aliphatic carbocycles. The van der Waals surface area contributed by atoms with Crippen molar-refractivity contribution in [3.8, 4) is 0 Å². The summed E-state index contributed by atoms with van der Waals surface area (Å²) < 4.78 is 5.46. The van der Waals surface area contributed by atoms with Crippen LogP contribution in [0, 0.1) is 0 Å². The number of anilines is 1. The molecule has 102 valence electrons. The zero-order valence-corrected chi connectivity index (χ0v) is 12.3. The van der Waals surface area contributed by atoms with Crippen LogP contribution in [0.25, 0.3) is 0 Å². The summed E-state index contributed by atoms with van der Waals surface area (Å²) in [6, 6.07) is 0.393. The van der Waals surface area contributed by atoms with E-state index in [4.69, 9.17) is 4.74 Å². The number of piperidine rings is 1. The first-order valence-corrected chi connectivity index (χ1v) is 7.53. The lowest BCUT2D eigenvalue weighted by atomic mass is 10.1. The van der Waals surface area contributed by atoms with Crippen LogP contribution in [0.4, 0.5) is 5.13 Å². The first-order chi connectivity index (χ1) is 8.74. The van der Waals surface area contributed by atoms with Crippen molar-refractivity contribution in [1.29, 1.82) is 0 Å². The monoisotopic (exact) mass is 269 g/mol. The van der Waals surface area contributed by atoms with Crippen molar-refractivity contribution < 1.29 is 4.74 Å². The normalized spacial score (nSPS) is 22.2. The molecule has 0 amide bonds. The van der Waals surface area contributed by atoms with Gasteiger partial charge < -0.3 is 15.0 Å². The maximum atomic E-state index is 5.46. The Morgan fingerprint density at radius 2 is 2.50 bits per heavy atom. The molecule has 0 aromatic carbocycles. The van der Waals surface area contributed by atoms with E-state index >= 15 is 0 Å². The molecule has 0 radical (unpaired) electrons. The van der Waals surface area contributed by atoms with Crippen molar-refractivity contribution in [1.82, 2.24) is 10.3 Å². The molecule has 2 atom stereocenters. The fraction of sp³-hybridized carbons (Fsp3) is 0.769. The van der Waals surface area contributed by atoms with E-state index in [0.717, 1.165) is 24.8 Å². The van der Waals surface area contributed by atoms with Gasteiger partial charge in [-0.2, -0.15) is 0 Å². The predicted octanol–water partition coefficient (Wildman–Crippen LogP) is 2.43. The molecule has 2 heterocycles. The lowest BCUT2D eigenvalue weighted by Gasteiger charge is -2.31. The number of nitrogens with zero attached hydrogens (tertiary/aromatic N) is 2. The third-order valence-corrected chi connectivity index (χ3v) is 4.67. The van der Waals surface area contributed by atoms with Gasteiger partial charge in [0.25, 0.3) is 0 Å². The molecule has 1 N–H and O–H groups in total. The van der Waals surface area contributed by atoms with Gasteiger partial charge in [0.05, 0.1) is 6.10 Å². The standard InChI is InChI=1S/C13H23N3OS/c1-4-14-10(2)12-8-15-13(18-12)16-7-5-6-11(9-16)17-3/h8,10-11,14H,4-7,9H2,1-3H3. The molecule has 1 fully saturated rings. The van der Waals surface area contributed by atoms with E-state index in [1.54, 1.807) is 18.4 Å². The van der Waals surface area contributed by atoms with Gasteiger partial charge in [0.1, 0.15) is 0 Å². The molecule has 1 aliphatic heterocycles. The number of hydrogen-bond acceptors (Lipinski definition) is 5. The summed E-state index contributed by atoms with van der Waals surface area (Å²) in [5.74, 6) is 0. The van der Waals surface area contributed by atoms with Crippen LogP contribution >= 0.6 is 11.3 Å². The molecule has 2 rings (SSSR count). The van der Waals surface area contributed by atoms with Crippen molar-refractivity contribution in [2.75, 3.05) is 31.6 Å². The average molecular weight is 269 g/mol. The molecule has 4 nitrogen and oxygen atoms in total. The lowest BCUT2D eigenvalue weighted by Crippen LogP contribution is -2.39. The first kappa shape index (κ1) is 13.8. The summed E-state index contributed by atoms with van der Waals surface area (Å²) in [5.41, 5.74) is 0. The molecule has 0 saturated carbocycles. The maximum Gasteiger partial charge on any atom is 0.185 e. The van der Waals surface area contributed by atoms with Crippen molar-refractivity contribution in [3.63, 3.8) is 0 Å². The Morgan fingerprint density at radius 3 is 3.22 bits per heavy atom.